The molecule has 1 fully saturated rings. The van der Waals surface area contributed by atoms with Gasteiger partial charge >= 0.3 is 7.12 Å². The van der Waals surface area contributed by atoms with Crippen molar-refractivity contribution >= 4 is 35.8 Å². The van der Waals surface area contributed by atoms with Gasteiger partial charge in [-0.3, -0.25) is 4.79 Å². The molecule has 0 radical (unpaired) electrons. The molecule has 0 unspecified atom stereocenters. The number of rotatable bonds is 9. The first kappa shape index (κ1) is 27.3. The van der Waals surface area contributed by atoms with Crippen molar-refractivity contribution in [3.63, 3.8) is 0 Å². The molecule has 0 aliphatic carbocycles. The Hall–Kier alpha value is -2.26. The molecular weight excluding hydrogens is 469 g/mol. The standard InChI is InChI=1S/C26H35BClNO6/c1-17-11-10-12-21(32-7)23(17)29(6)24(31)18-15-19(27-34-25(2,3)26(4,5)35-27)20(28)16-22(18)33-14-9-8-13-30/h10-12,15-16,30H,8-9,13-14H2,1-7H3. The van der Waals surface area contributed by atoms with Crippen LogP contribution in [0.15, 0.2) is 30.3 Å². The molecule has 1 saturated heterocycles. The number of aliphatic hydroxyl groups is 1. The van der Waals surface area contributed by atoms with Crippen LogP contribution in [0.1, 0.15) is 56.5 Å². The van der Waals surface area contributed by atoms with E-state index in [1.54, 1.807) is 31.2 Å². The summed E-state index contributed by atoms with van der Waals surface area (Å²) in [7, 11) is 2.54. The van der Waals surface area contributed by atoms with Crippen molar-refractivity contribution in [3.05, 3.63) is 46.5 Å². The predicted octanol–water partition coefficient (Wildman–Crippen LogP) is 4.38. The maximum Gasteiger partial charge on any atom is 0.496 e. The molecule has 2 aromatic rings. The predicted molar refractivity (Wildman–Crippen MR) is 139 cm³/mol. The molecule has 0 atom stereocenters. The molecule has 1 amide bonds. The van der Waals surface area contributed by atoms with Crippen LogP contribution in [-0.2, 0) is 9.31 Å². The molecule has 9 heteroatoms. The Balaban J connectivity index is 2.05. The Bertz CT molecular complexity index is 1060. The monoisotopic (exact) mass is 503 g/mol. The van der Waals surface area contributed by atoms with E-state index in [9.17, 15) is 4.79 Å². The van der Waals surface area contributed by atoms with Crippen molar-refractivity contribution in [2.75, 3.05) is 32.3 Å². The zero-order valence-corrected chi connectivity index (χ0v) is 22.4. The van der Waals surface area contributed by atoms with Crippen LogP contribution in [0.3, 0.4) is 0 Å². The minimum absolute atomic E-state index is 0.0760. The number of amides is 1. The Morgan fingerprint density at radius 1 is 1.11 bits per heavy atom. The van der Waals surface area contributed by atoms with Gasteiger partial charge in [-0.2, -0.15) is 0 Å². The number of aliphatic hydroxyl groups excluding tert-OH is 1. The van der Waals surface area contributed by atoms with Crippen molar-refractivity contribution in [2.45, 2.75) is 58.7 Å². The number of aryl methyl sites for hydroxylation is 1. The van der Waals surface area contributed by atoms with E-state index in [4.69, 9.17) is 35.5 Å². The third-order valence-electron chi connectivity index (χ3n) is 6.71. The van der Waals surface area contributed by atoms with E-state index >= 15 is 0 Å². The number of carbonyl (C=O) groups is 1. The van der Waals surface area contributed by atoms with Crippen molar-refractivity contribution < 1.29 is 28.7 Å². The maximum atomic E-state index is 13.8. The summed E-state index contributed by atoms with van der Waals surface area (Å²) in [4.78, 5) is 15.4. The van der Waals surface area contributed by atoms with Crippen LogP contribution in [-0.4, -0.2) is 56.7 Å². The maximum absolute atomic E-state index is 13.8. The first-order chi connectivity index (χ1) is 16.4. The molecule has 1 heterocycles. The van der Waals surface area contributed by atoms with Crippen LogP contribution < -0.4 is 19.8 Å². The summed E-state index contributed by atoms with van der Waals surface area (Å²) >= 11 is 6.66. The molecule has 0 spiro atoms. The largest absolute Gasteiger partial charge is 0.496 e. The number of benzene rings is 2. The Kier molecular flexibility index (Phi) is 8.42. The van der Waals surface area contributed by atoms with Crippen LogP contribution in [0.4, 0.5) is 5.69 Å². The molecule has 35 heavy (non-hydrogen) atoms. The Morgan fingerprint density at radius 2 is 1.77 bits per heavy atom. The topological polar surface area (TPSA) is 77.5 Å². The number of hydrogen-bond donors (Lipinski definition) is 1. The van der Waals surface area contributed by atoms with Gasteiger partial charge in [0.2, 0.25) is 0 Å². The van der Waals surface area contributed by atoms with Crippen molar-refractivity contribution in [1.82, 2.24) is 0 Å². The second-order valence-corrected chi connectivity index (χ2v) is 10.1. The van der Waals surface area contributed by atoms with Crippen LogP contribution in [0.25, 0.3) is 0 Å². The molecule has 0 saturated carbocycles. The van der Waals surface area contributed by atoms with Gasteiger partial charge in [0, 0.05) is 24.1 Å². The number of carbonyl (C=O) groups excluding carboxylic acids is 1. The SMILES string of the molecule is COc1cccc(C)c1N(C)C(=O)c1cc(B2OC(C)(C)C(C)(C)O2)c(Cl)cc1OCCCCO. The summed E-state index contributed by atoms with van der Waals surface area (Å²) in [5.41, 5.74) is 1.33. The molecule has 0 bridgehead atoms. The number of para-hydroxylation sites is 1. The highest BCUT2D eigenvalue weighted by Crippen LogP contribution is 2.38. The van der Waals surface area contributed by atoms with Gasteiger partial charge < -0.3 is 28.8 Å². The van der Waals surface area contributed by atoms with Gasteiger partial charge in [0.1, 0.15) is 11.5 Å². The molecule has 1 aliphatic rings. The lowest BCUT2D eigenvalue weighted by atomic mass is 9.78. The van der Waals surface area contributed by atoms with E-state index in [1.807, 2.05) is 52.8 Å². The van der Waals surface area contributed by atoms with Gasteiger partial charge in [0.25, 0.3) is 5.91 Å². The fourth-order valence-electron chi connectivity index (χ4n) is 3.91. The zero-order valence-electron chi connectivity index (χ0n) is 21.6. The fourth-order valence-corrected chi connectivity index (χ4v) is 4.16. The second kappa shape index (κ2) is 10.8. The summed E-state index contributed by atoms with van der Waals surface area (Å²) in [6, 6.07) is 8.94. The molecular formula is C26H35BClNO6. The quantitative estimate of drug-likeness (QED) is 0.404. The highest BCUT2D eigenvalue weighted by Gasteiger charge is 2.52. The zero-order chi connectivity index (χ0) is 26.0. The lowest BCUT2D eigenvalue weighted by Gasteiger charge is -2.32. The Labute approximate surface area is 213 Å². The number of ether oxygens (including phenoxy) is 2. The lowest BCUT2D eigenvalue weighted by molar-refractivity contribution is 0.00578. The van der Waals surface area contributed by atoms with Crippen LogP contribution in [0, 0.1) is 6.92 Å². The van der Waals surface area contributed by atoms with Crippen molar-refractivity contribution in [3.8, 4) is 11.5 Å². The Morgan fingerprint density at radius 3 is 2.37 bits per heavy atom. The van der Waals surface area contributed by atoms with E-state index < -0.39 is 18.3 Å². The van der Waals surface area contributed by atoms with Gasteiger partial charge in [-0.25, -0.2) is 0 Å². The van der Waals surface area contributed by atoms with E-state index in [0.717, 1.165) is 5.56 Å². The smallest absolute Gasteiger partial charge is 0.495 e. The minimum Gasteiger partial charge on any atom is -0.495 e. The molecule has 0 aromatic heterocycles. The van der Waals surface area contributed by atoms with Crippen molar-refractivity contribution in [2.24, 2.45) is 0 Å². The number of unbranched alkanes of at least 4 members (excludes halogenated alkanes) is 1. The van der Waals surface area contributed by atoms with E-state index in [0.29, 0.717) is 52.7 Å². The number of anilines is 1. The average Bonchev–Trinajstić information content (AvgIpc) is 3.02. The fraction of sp³-hybridized carbons (Fsp3) is 0.500. The average molecular weight is 504 g/mol. The van der Waals surface area contributed by atoms with Crippen LogP contribution in [0.5, 0.6) is 11.5 Å². The molecule has 1 aliphatic heterocycles. The highest BCUT2D eigenvalue weighted by atomic mass is 35.5. The summed E-state index contributed by atoms with van der Waals surface area (Å²) in [6.45, 7) is 10.2. The van der Waals surface area contributed by atoms with Crippen LogP contribution in [0.2, 0.25) is 5.02 Å². The molecule has 2 aromatic carbocycles. The van der Waals surface area contributed by atoms with Gasteiger partial charge in [0.05, 0.1) is 36.2 Å². The van der Waals surface area contributed by atoms with Gasteiger partial charge in [0.15, 0.2) is 0 Å². The first-order valence-corrected chi connectivity index (χ1v) is 12.2. The van der Waals surface area contributed by atoms with E-state index in [-0.39, 0.29) is 12.5 Å². The van der Waals surface area contributed by atoms with Gasteiger partial charge in [-0.05, 0) is 71.2 Å². The molecule has 7 nitrogen and oxygen atoms in total. The number of nitrogens with zero attached hydrogens (tertiary/aromatic N) is 1. The van der Waals surface area contributed by atoms with Crippen LogP contribution >= 0.6 is 11.6 Å². The summed E-state index contributed by atoms with van der Waals surface area (Å²) < 4.78 is 23.9. The summed E-state index contributed by atoms with van der Waals surface area (Å²) in [5, 5.41) is 9.47. The highest BCUT2D eigenvalue weighted by molar-refractivity contribution is 6.65. The van der Waals surface area contributed by atoms with E-state index in [2.05, 4.69) is 0 Å². The van der Waals surface area contributed by atoms with Gasteiger partial charge in [-0.15, -0.1) is 0 Å². The van der Waals surface area contributed by atoms with E-state index in [1.165, 1.54) is 0 Å². The molecule has 1 N–H and O–H groups in total. The van der Waals surface area contributed by atoms with Crippen molar-refractivity contribution in [1.29, 1.82) is 0 Å². The summed E-state index contributed by atoms with van der Waals surface area (Å²) in [6.07, 6.45) is 1.24. The number of halogens is 1. The van der Waals surface area contributed by atoms with Gasteiger partial charge in [-0.1, -0.05) is 23.7 Å². The third-order valence-corrected chi connectivity index (χ3v) is 7.03. The molecule has 3 rings (SSSR count). The normalized spacial score (nSPS) is 16.3. The summed E-state index contributed by atoms with van der Waals surface area (Å²) in [5.74, 6) is 0.660. The number of methoxy groups -OCH3 is 1. The first-order valence-electron chi connectivity index (χ1n) is 11.8. The third kappa shape index (κ3) is 5.61. The second-order valence-electron chi connectivity index (χ2n) is 9.73. The number of hydrogen-bond acceptors (Lipinski definition) is 6. The molecule has 190 valence electrons. The minimum atomic E-state index is -0.735. The lowest BCUT2D eigenvalue weighted by Crippen LogP contribution is -2.41.